The highest BCUT2D eigenvalue weighted by Crippen LogP contribution is 2.25. The summed E-state index contributed by atoms with van der Waals surface area (Å²) in [4.78, 5) is 23.8. The summed E-state index contributed by atoms with van der Waals surface area (Å²) in [6, 6.07) is 5.85. The second-order valence-electron chi connectivity index (χ2n) is 6.49. The van der Waals surface area contributed by atoms with Gasteiger partial charge in [0.1, 0.15) is 5.82 Å². The van der Waals surface area contributed by atoms with Crippen LogP contribution in [0.4, 0.5) is 4.39 Å². The number of nitrogens with zero attached hydrogens (tertiary/aromatic N) is 2. The maximum atomic E-state index is 13.3. The smallest absolute Gasteiger partial charge is 0.305 e. The molecule has 0 bridgehead atoms. The fourth-order valence-corrected chi connectivity index (χ4v) is 3.16. The number of nitrogens with one attached hydrogen (secondary N) is 1. The fourth-order valence-electron chi connectivity index (χ4n) is 3.16. The molecule has 1 aliphatic rings. The van der Waals surface area contributed by atoms with Crippen molar-refractivity contribution in [1.29, 1.82) is 0 Å². The predicted octanol–water partition coefficient (Wildman–Crippen LogP) is 2.07. The van der Waals surface area contributed by atoms with E-state index in [-0.39, 0.29) is 17.9 Å². The van der Waals surface area contributed by atoms with Crippen molar-refractivity contribution in [3.05, 3.63) is 47.5 Å². The number of rotatable bonds is 5. The van der Waals surface area contributed by atoms with Crippen molar-refractivity contribution < 1.29 is 23.8 Å². The molecule has 138 valence electrons. The Labute approximate surface area is 149 Å². The van der Waals surface area contributed by atoms with E-state index >= 15 is 0 Å². The van der Waals surface area contributed by atoms with Crippen LogP contribution in [0, 0.1) is 12.7 Å². The van der Waals surface area contributed by atoms with Crippen molar-refractivity contribution in [2.45, 2.75) is 31.7 Å². The predicted molar refractivity (Wildman–Crippen MR) is 90.8 cm³/mol. The molecule has 2 heterocycles. The van der Waals surface area contributed by atoms with E-state index in [4.69, 9.17) is 4.74 Å². The number of hydrogen-bond acceptors (Lipinski definition) is 4. The largest absolute Gasteiger partial charge is 0.481 e. The molecule has 0 spiro atoms. The zero-order valence-electron chi connectivity index (χ0n) is 14.4. The van der Waals surface area contributed by atoms with Gasteiger partial charge in [0.05, 0.1) is 17.6 Å². The number of aromatic nitrogens is 2. The molecule has 0 saturated carbocycles. The lowest BCUT2D eigenvalue weighted by atomic mass is 9.86. The Balaban J connectivity index is 1.79. The monoisotopic (exact) mass is 361 g/mol. The summed E-state index contributed by atoms with van der Waals surface area (Å²) in [5.74, 6) is -1.75. The van der Waals surface area contributed by atoms with Gasteiger partial charge in [0.15, 0.2) is 5.69 Å². The molecule has 2 N–H and O–H groups in total. The van der Waals surface area contributed by atoms with Crippen molar-refractivity contribution in [2.75, 3.05) is 13.2 Å². The van der Waals surface area contributed by atoms with Crippen molar-refractivity contribution in [3.8, 4) is 5.69 Å². The van der Waals surface area contributed by atoms with Crippen LogP contribution in [-0.4, -0.2) is 45.5 Å². The number of amides is 1. The maximum Gasteiger partial charge on any atom is 0.305 e. The molecular formula is C18H20FN3O4. The van der Waals surface area contributed by atoms with E-state index in [1.54, 1.807) is 25.3 Å². The van der Waals surface area contributed by atoms with Gasteiger partial charge in [-0.3, -0.25) is 9.59 Å². The minimum Gasteiger partial charge on any atom is -0.481 e. The van der Waals surface area contributed by atoms with Crippen molar-refractivity contribution in [2.24, 2.45) is 0 Å². The molecule has 1 aromatic carbocycles. The lowest BCUT2D eigenvalue weighted by Gasteiger charge is -2.36. The number of benzene rings is 1. The number of halogens is 1. The van der Waals surface area contributed by atoms with E-state index in [9.17, 15) is 19.1 Å². The molecule has 0 radical (unpaired) electrons. The second kappa shape index (κ2) is 7.25. The summed E-state index contributed by atoms with van der Waals surface area (Å²) in [6.45, 7) is 2.55. The van der Waals surface area contributed by atoms with Gasteiger partial charge in [-0.05, 0) is 49.6 Å². The lowest BCUT2D eigenvalue weighted by Crippen LogP contribution is -2.53. The molecule has 1 fully saturated rings. The molecular weight excluding hydrogens is 341 g/mol. The third kappa shape index (κ3) is 3.91. The van der Waals surface area contributed by atoms with Crippen molar-refractivity contribution in [3.63, 3.8) is 0 Å². The van der Waals surface area contributed by atoms with Gasteiger partial charge in [0.25, 0.3) is 5.91 Å². The minimum atomic E-state index is -0.973. The number of hydrogen-bond donors (Lipinski definition) is 2. The average Bonchev–Trinajstić information content (AvgIpc) is 3.04. The molecule has 8 heteroatoms. The van der Waals surface area contributed by atoms with Gasteiger partial charge in [-0.15, -0.1) is 0 Å². The van der Waals surface area contributed by atoms with E-state index in [1.165, 1.54) is 16.8 Å². The first kappa shape index (κ1) is 18.1. The fraction of sp³-hybridized carbons (Fsp3) is 0.389. The Hall–Kier alpha value is -2.74. The molecule has 2 aromatic rings. The van der Waals surface area contributed by atoms with Crippen LogP contribution in [0.2, 0.25) is 0 Å². The highest BCUT2D eigenvalue weighted by Gasteiger charge is 2.37. The number of carboxylic acids is 1. The number of ether oxygens (including phenoxy) is 1. The topological polar surface area (TPSA) is 93.5 Å². The minimum absolute atomic E-state index is 0.167. The summed E-state index contributed by atoms with van der Waals surface area (Å²) in [5.41, 5.74) is 0.685. The number of carboxylic acid groups (broad SMARTS) is 1. The zero-order chi connectivity index (χ0) is 18.7. The summed E-state index contributed by atoms with van der Waals surface area (Å²) in [6.07, 6.45) is 2.31. The van der Waals surface area contributed by atoms with Gasteiger partial charge in [0, 0.05) is 19.4 Å². The van der Waals surface area contributed by atoms with Crippen LogP contribution in [0.5, 0.6) is 0 Å². The Morgan fingerprint density at radius 2 is 2.08 bits per heavy atom. The second-order valence-corrected chi connectivity index (χ2v) is 6.49. The summed E-state index contributed by atoms with van der Waals surface area (Å²) in [7, 11) is 0. The quantitative estimate of drug-likeness (QED) is 0.850. The molecule has 1 aliphatic heterocycles. The summed E-state index contributed by atoms with van der Waals surface area (Å²) < 4.78 is 20.0. The molecule has 7 nitrogen and oxygen atoms in total. The molecule has 1 saturated heterocycles. The summed E-state index contributed by atoms with van der Waals surface area (Å²) in [5, 5.41) is 16.3. The Morgan fingerprint density at radius 3 is 2.73 bits per heavy atom. The van der Waals surface area contributed by atoms with Crippen LogP contribution in [0.25, 0.3) is 5.69 Å². The van der Waals surface area contributed by atoms with E-state index in [0.717, 1.165) is 0 Å². The molecule has 0 unspecified atom stereocenters. The first-order valence-electron chi connectivity index (χ1n) is 8.33. The average molecular weight is 361 g/mol. The molecule has 0 atom stereocenters. The van der Waals surface area contributed by atoms with E-state index in [2.05, 4.69) is 10.4 Å². The van der Waals surface area contributed by atoms with Crippen LogP contribution in [0.1, 0.15) is 35.3 Å². The molecule has 3 rings (SSSR count). The third-order valence-electron chi connectivity index (χ3n) is 4.55. The first-order chi connectivity index (χ1) is 12.4. The van der Waals surface area contributed by atoms with Gasteiger partial charge in [-0.25, -0.2) is 9.07 Å². The number of aryl methyl sites for hydroxylation is 1. The SMILES string of the molecule is Cc1cc(F)ccc1-n1ccc(C(=O)NC2(CC(=O)O)CCOCC2)n1. The van der Waals surface area contributed by atoms with Crippen LogP contribution in [0.3, 0.4) is 0 Å². The lowest BCUT2D eigenvalue weighted by molar-refractivity contribution is -0.139. The molecule has 1 amide bonds. The van der Waals surface area contributed by atoms with E-state index in [0.29, 0.717) is 37.3 Å². The Bertz CT molecular complexity index is 828. The number of carbonyl (C=O) groups is 2. The molecule has 0 aliphatic carbocycles. The van der Waals surface area contributed by atoms with Gasteiger partial charge in [-0.1, -0.05) is 0 Å². The van der Waals surface area contributed by atoms with Gasteiger partial charge < -0.3 is 15.2 Å². The van der Waals surface area contributed by atoms with Gasteiger partial charge in [-0.2, -0.15) is 5.10 Å². The van der Waals surface area contributed by atoms with Crippen LogP contribution >= 0.6 is 0 Å². The molecule has 26 heavy (non-hydrogen) atoms. The summed E-state index contributed by atoms with van der Waals surface area (Å²) >= 11 is 0. The Morgan fingerprint density at radius 1 is 1.35 bits per heavy atom. The third-order valence-corrected chi connectivity index (χ3v) is 4.55. The van der Waals surface area contributed by atoms with Crippen LogP contribution in [0.15, 0.2) is 30.5 Å². The normalized spacial score (nSPS) is 16.2. The standard InChI is InChI=1S/C18H20FN3O4/c1-12-10-13(19)2-3-15(12)22-7-4-14(21-22)17(25)20-18(11-16(23)24)5-8-26-9-6-18/h2-4,7,10H,5-6,8-9,11H2,1H3,(H,20,25)(H,23,24). The van der Waals surface area contributed by atoms with E-state index < -0.39 is 17.4 Å². The number of carbonyl (C=O) groups excluding carboxylic acids is 1. The first-order valence-corrected chi connectivity index (χ1v) is 8.33. The van der Waals surface area contributed by atoms with Crippen molar-refractivity contribution in [1.82, 2.24) is 15.1 Å². The van der Waals surface area contributed by atoms with Gasteiger partial charge in [0.2, 0.25) is 0 Å². The van der Waals surface area contributed by atoms with Crippen LogP contribution in [-0.2, 0) is 9.53 Å². The van der Waals surface area contributed by atoms with Crippen LogP contribution < -0.4 is 5.32 Å². The Kier molecular flexibility index (Phi) is 5.03. The highest BCUT2D eigenvalue weighted by molar-refractivity contribution is 5.93. The van der Waals surface area contributed by atoms with Gasteiger partial charge >= 0.3 is 5.97 Å². The van der Waals surface area contributed by atoms with Crippen molar-refractivity contribution >= 4 is 11.9 Å². The number of aliphatic carboxylic acids is 1. The maximum absolute atomic E-state index is 13.3. The van der Waals surface area contributed by atoms with E-state index in [1.807, 2.05) is 0 Å². The highest BCUT2D eigenvalue weighted by atomic mass is 19.1. The molecule has 1 aromatic heterocycles. The zero-order valence-corrected chi connectivity index (χ0v) is 14.4.